The number of pyridine rings is 1. The van der Waals surface area contributed by atoms with Gasteiger partial charge in [-0.1, -0.05) is 29.8 Å². The fourth-order valence-electron chi connectivity index (χ4n) is 3.15. The third kappa shape index (κ3) is 5.76. The fourth-order valence-corrected chi connectivity index (χ4v) is 3.39. The zero-order valence-electron chi connectivity index (χ0n) is 15.7. The Hall–Kier alpha value is -2.47. The molecule has 0 saturated carbocycles. The number of benzene rings is 1. The summed E-state index contributed by atoms with van der Waals surface area (Å²) in [6, 6.07) is 14.3. The van der Waals surface area contributed by atoms with Crippen LogP contribution in [0.2, 0.25) is 5.02 Å². The van der Waals surface area contributed by atoms with Crippen molar-refractivity contribution >= 4 is 29.1 Å². The number of halogens is 1. The van der Waals surface area contributed by atoms with Crippen molar-refractivity contribution in [1.82, 2.24) is 15.6 Å². The van der Waals surface area contributed by atoms with E-state index in [1.807, 2.05) is 30.3 Å². The molecule has 2 heterocycles. The molecule has 3 rings (SSSR count). The summed E-state index contributed by atoms with van der Waals surface area (Å²) in [5.74, 6) is 1.70. The number of guanidine groups is 1. The smallest absolute Gasteiger partial charge is 0.191 e. The van der Waals surface area contributed by atoms with Crippen LogP contribution in [0.1, 0.15) is 12.8 Å². The maximum Gasteiger partial charge on any atom is 0.191 e. The molecular weight excluding hydrogens is 360 g/mol. The van der Waals surface area contributed by atoms with Crippen molar-refractivity contribution in [3.05, 3.63) is 53.7 Å². The lowest BCUT2D eigenvalue weighted by Crippen LogP contribution is -2.45. The van der Waals surface area contributed by atoms with Crippen molar-refractivity contribution in [1.29, 1.82) is 0 Å². The Bertz CT molecular complexity index is 736. The lowest BCUT2D eigenvalue weighted by Gasteiger charge is -2.20. The third-order valence-electron chi connectivity index (χ3n) is 4.54. The Labute approximate surface area is 166 Å². The summed E-state index contributed by atoms with van der Waals surface area (Å²) >= 11 is 6.26. The van der Waals surface area contributed by atoms with Crippen LogP contribution < -0.4 is 20.9 Å². The summed E-state index contributed by atoms with van der Waals surface area (Å²) in [5.41, 5.74) is 1.15. The van der Waals surface area contributed by atoms with E-state index in [1.165, 1.54) is 0 Å². The molecule has 1 saturated heterocycles. The molecule has 1 aromatic carbocycles. The molecule has 1 unspecified atom stereocenters. The Morgan fingerprint density at radius 2 is 2.07 bits per heavy atom. The molecule has 27 heavy (non-hydrogen) atoms. The number of para-hydroxylation sites is 1. The maximum atomic E-state index is 6.26. The lowest BCUT2D eigenvalue weighted by molar-refractivity contribution is 0.645. The number of nitrogens with zero attached hydrogens (tertiary/aromatic N) is 3. The molecule has 0 amide bonds. The van der Waals surface area contributed by atoms with Gasteiger partial charge in [-0.2, -0.15) is 0 Å². The first kappa shape index (κ1) is 19.3. The summed E-state index contributed by atoms with van der Waals surface area (Å²) in [7, 11) is 1.81. The summed E-state index contributed by atoms with van der Waals surface area (Å²) in [6.07, 6.45) is 3.82. The van der Waals surface area contributed by atoms with Gasteiger partial charge in [-0.25, -0.2) is 4.98 Å². The van der Waals surface area contributed by atoms with Gasteiger partial charge >= 0.3 is 0 Å². The van der Waals surface area contributed by atoms with E-state index in [2.05, 4.69) is 43.0 Å². The van der Waals surface area contributed by atoms with E-state index in [9.17, 15) is 0 Å². The highest BCUT2D eigenvalue weighted by Crippen LogP contribution is 2.25. The van der Waals surface area contributed by atoms with Crippen molar-refractivity contribution in [2.24, 2.45) is 4.99 Å². The molecule has 0 radical (unpaired) electrons. The van der Waals surface area contributed by atoms with Crippen molar-refractivity contribution in [3.8, 4) is 0 Å². The zero-order chi connectivity index (χ0) is 18.9. The second kappa shape index (κ2) is 10.0. The van der Waals surface area contributed by atoms with Gasteiger partial charge in [0.15, 0.2) is 5.96 Å². The van der Waals surface area contributed by atoms with Crippen molar-refractivity contribution in [2.45, 2.75) is 18.9 Å². The topological polar surface area (TPSA) is 64.6 Å². The van der Waals surface area contributed by atoms with Gasteiger partial charge in [-0.3, -0.25) is 4.99 Å². The Morgan fingerprint density at radius 1 is 1.22 bits per heavy atom. The molecule has 144 valence electrons. The van der Waals surface area contributed by atoms with Gasteiger partial charge in [-0.05, 0) is 37.1 Å². The second-order valence-electron chi connectivity index (χ2n) is 6.53. The first-order valence-electron chi connectivity index (χ1n) is 9.38. The number of anilines is 2. The van der Waals surface area contributed by atoms with E-state index in [1.54, 1.807) is 13.2 Å². The average Bonchev–Trinajstić information content (AvgIpc) is 3.16. The van der Waals surface area contributed by atoms with E-state index in [0.717, 1.165) is 56.5 Å². The summed E-state index contributed by atoms with van der Waals surface area (Å²) in [6.45, 7) is 3.59. The number of aromatic nitrogens is 1. The van der Waals surface area contributed by atoms with Crippen molar-refractivity contribution in [3.63, 3.8) is 0 Å². The summed E-state index contributed by atoms with van der Waals surface area (Å²) < 4.78 is 0. The molecule has 0 aliphatic carbocycles. The predicted molar refractivity (Wildman–Crippen MR) is 114 cm³/mol. The van der Waals surface area contributed by atoms with Gasteiger partial charge in [0.05, 0.1) is 5.02 Å². The molecule has 1 aliphatic heterocycles. The van der Waals surface area contributed by atoms with Gasteiger partial charge in [0.25, 0.3) is 0 Å². The number of hydrogen-bond donors (Lipinski definition) is 3. The monoisotopic (exact) mass is 386 g/mol. The SMILES string of the molecule is CN=C(NCCCNc1ccccc1)NC1CCN(c2ncccc2Cl)C1. The summed E-state index contributed by atoms with van der Waals surface area (Å²) in [4.78, 5) is 11.0. The molecule has 6 nitrogen and oxygen atoms in total. The van der Waals surface area contributed by atoms with Gasteiger partial charge in [0, 0.05) is 51.2 Å². The number of aliphatic imine (C=N–C) groups is 1. The minimum atomic E-state index is 0.330. The number of nitrogens with one attached hydrogen (secondary N) is 3. The minimum absolute atomic E-state index is 0.330. The van der Waals surface area contributed by atoms with Gasteiger partial charge in [-0.15, -0.1) is 0 Å². The van der Waals surface area contributed by atoms with E-state index in [0.29, 0.717) is 11.1 Å². The Kier molecular flexibility index (Phi) is 7.16. The first-order chi connectivity index (χ1) is 13.3. The molecule has 1 aromatic heterocycles. The van der Waals surface area contributed by atoms with Crippen molar-refractivity contribution in [2.75, 3.05) is 43.4 Å². The van der Waals surface area contributed by atoms with E-state index >= 15 is 0 Å². The predicted octanol–water partition coefficient (Wildman–Crippen LogP) is 2.98. The molecule has 7 heteroatoms. The zero-order valence-corrected chi connectivity index (χ0v) is 16.4. The minimum Gasteiger partial charge on any atom is -0.385 e. The number of rotatable bonds is 7. The maximum absolute atomic E-state index is 6.26. The Balaban J connectivity index is 1.37. The van der Waals surface area contributed by atoms with Crippen LogP contribution in [0, 0.1) is 0 Å². The summed E-state index contributed by atoms with van der Waals surface area (Å²) in [5, 5.41) is 11.0. The van der Waals surface area contributed by atoms with E-state index < -0.39 is 0 Å². The first-order valence-corrected chi connectivity index (χ1v) is 9.75. The molecule has 2 aromatic rings. The fraction of sp³-hybridized carbons (Fsp3) is 0.400. The largest absolute Gasteiger partial charge is 0.385 e. The Morgan fingerprint density at radius 3 is 2.85 bits per heavy atom. The molecule has 3 N–H and O–H groups in total. The molecule has 0 bridgehead atoms. The molecule has 1 atom stereocenters. The van der Waals surface area contributed by atoms with Gasteiger partial charge in [0.2, 0.25) is 0 Å². The van der Waals surface area contributed by atoms with Crippen LogP contribution in [0.15, 0.2) is 53.7 Å². The standard InChI is InChI=1S/C20H27ClN6/c1-22-20(25-13-6-12-23-16-7-3-2-4-8-16)26-17-10-14-27(15-17)19-18(21)9-5-11-24-19/h2-5,7-9,11,17,23H,6,10,12-15H2,1H3,(H2,22,25,26). The molecule has 1 fully saturated rings. The average molecular weight is 387 g/mol. The lowest BCUT2D eigenvalue weighted by atomic mass is 10.3. The van der Waals surface area contributed by atoms with Crippen LogP contribution in [-0.2, 0) is 0 Å². The van der Waals surface area contributed by atoms with Gasteiger partial charge < -0.3 is 20.9 Å². The van der Waals surface area contributed by atoms with Crippen LogP contribution in [0.5, 0.6) is 0 Å². The molecule has 1 aliphatic rings. The highest BCUT2D eigenvalue weighted by atomic mass is 35.5. The van der Waals surface area contributed by atoms with Crippen molar-refractivity contribution < 1.29 is 0 Å². The normalized spacial score (nSPS) is 17.0. The molecule has 0 spiro atoms. The van der Waals surface area contributed by atoms with Crippen LogP contribution in [0.25, 0.3) is 0 Å². The third-order valence-corrected chi connectivity index (χ3v) is 4.84. The van der Waals surface area contributed by atoms with Crippen LogP contribution in [-0.4, -0.2) is 50.2 Å². The van der Waals surface area contributed by atoms with Crippen LogP contribution in [0.3, 0.4) is 0 Å². The second-order valence-corrected chi connectivity index (χ2v) is 6.94. The van der Waals surface area contributed by atoms with E-state index in [-0.39, 0.29) is 0 Å². The van der Waals surface area contributed by atoms with Crippen LogP contribution >= 0.6 is 11.6 Å². The number of hydrogen-bond acceptors (Lipinski definition) is 4. The molecular formula is C20H27ClN6. The van der Waals surface area contributed by atoms with Gasteiger partial charge in [0.1, 0.15) is 5.82 Å². The van der Waals surface area contributed by atoms with Crippen LogP contribution in [0.4, 0.5) is 11.5 Å². The highest BCUT2D eigenvalue weighted by Gasteiger charge is 2.25. The quantitative estimate of drug-likeness (QED) is 0.388. The van der Waals surface area contributed by atoms with E-state index in [4.69, 9.17) is 11.6 Å². The highest BCUT2D eigenvalue weighted by molar-refractivity contribution is 6.32.